The fraction of sp³-hybridized carbons (Fsp3) is 0.667. The molecule has 1 unspecified atom stereocenters. The van der Waals surface area contributed by atoms with Crippen molar-refractivity contribution in [3.05, 3.63) is 23.3 Å². The molecular formula is C12H20N4S. The highest BCUT2D eigenvalue weighted by Crippen LogP contribution is 2.26. The molecule has 94 valence electrons. The van der Waals surface area contributed by atoms with Gasteiger partial charge in [-0.3, -0.25) is 4.90 Å². The van der Waals surface area contributed by atoms with Gasteiger partial charge in [-0.05, 0) is 26.6 Å². The number of hydrogen-bond acceptors (Lipinski definition) is 5. The van der Waals surface area contributed by atoms with E-state index in [0.29, 0.717) is 12.6 Å². The molecule has 0 bridgehead atoms. The van der Waals surface area contributed by atoms with Crippen LogP contribution in [0.3, 0.4) is 0 Å². The van der Waals surface area contributed by atoms with E-state index in [1.165, 1.54) is 5.75 Å². The summed E-state index contributed by atoms with van der Waals surface area (Å²) in [5.74, 6) is 3.25. The molecule has 1 aliphatic rings. The lowest BCUT2D eigenvalue weighted by atomic mass is 10.2. The Bertz CT molecular complexity index is 383. The van der Waals surface area contributed by atoms with Gasteiger partial charge in [0, 0.05) is 35.9 Å². The van der Waals surface area contributed by atoms with Crippen LogP contribution < -0.4 is 5.73 Å². The molecule has 0 radical (unpaired) electrons. The first-order chi connectivity index (χ1) is 8.20. The number of thioether (sulfide) groups is 1. The highest BCUT2D eigenvalue weighted by Gasteiger charge is 2.23. The first kappa shape index (κ1) is 12.8. The second-order valence-corrected chi connectivity index (χ2v) is 5.62. The molecule has 17 heavy (non-hydrogen) atoms. The number of aryl methyl sites for hydroxylation is 1. The Morgan fingerprint density at radius 2 is 2.35 bits per heavy atom. The highest BCUT2D eigenvalue weighted by molar-refractivity contribution is 7.99. The summed E-state index contributed by atoms with van der Waals surface area (Å²) in [6, 6.07) is 2.39. The van der Waals surface area contributed by atoms with E-state index in [2.05, 4.69) is 21.9 Å². The third kappa shape index (κ3) is 3.18. The molecule has 1 saturated heterocycles. The Morgan fingerprint density at radius 1 is 1.53 bits per heavy atom. The van der Waals surface area contributed by atoms with Crippen LogP contribution in [-0.2, 0) is 6.42 Å². The van der Waals surface area contributed by atoms with Gasteiger partial charge in [0.25, 0.3) is 0 Å². The molecular weight excluding hydrogens is 232 g/mol. The Morgan fingerprint density at radius 3 is 3.06 bits per heavy atom. The summed E-state index contributed by atoms with van der Waals surface area (Å²) >= 11 is 1.98. The van der Waals surface area contributed by atoms with Gasteiger partial charge in [0.05, 0.1) is 6.04 Å². The Balaban J connectivity index is 2.24. The third-order valence-electron chi connectivity index (χ3n) is 3.02. The van der Waals surface area contributed by atoms with E-state index in [0.717, 1.165) is 35.9 Å². The summed E-state index contributed by atoms with van der Waals surface area (Å²) in [6.07, 6.45) is 0.833. The molecule has 2 heterocycles. The van der Waals surface area contributed by atoms with E-state index < -0.39 is 0 Å². The topological polar surface area (TPSA) is 55.0 Å². The van der Waals surface area contributed by atoms with Gasteiger partial charge in [0.2, 0.25) is 0 Å². The van der Waals surface area contributed by atoms with Crippen LogP contribution in [0.15, 0.2) is 6.07 Å². The smallest absolute Gasteiger partial charge is 0.146 e. The second-order valence-electron chi connectivity index (χ2n) is 4.47. The van der Waals surface area contributed by atoms with E-state index in [4.69, 9.17) is 5.73 Å². The van der Waals surface area contributed by atoms with Crippen LogP contribution in [0.4, 0.5) is 0 Å². The molecule has 1 atom stereocenters. The molecule has 1 aromatic rings. The average Bonchev–Trinajstić information content (AvgIpc) is 2.29. The van der Waals surface area contributed by atoms with Gasteiger partial charge >= 0.3 is 0 Å². The van der Waals surface area contributed by atoms with Crippen molar-refractivity contribution in [2.24, 2.45) is 5.73 Å². The van der Waals surface area contributed by atoms with E-state index in [1.807, 2.05) is 24.8 Å². The summed E-state index contributed by atoms with van der Waals surface area (Å²) in [7, 11) is 2.15. The van der Waals surface area contributed by atoms with E-state index in [1.54, 1.807) is 0 Å². The van der Waals surface area contributed by atoms with Crippen molar-refractivity contribution in [2.45, 2.75) is 19.4 Å². The number of rotatable bonds is 3. The summed E-state index contributed by atoms with van der Waals surface area (Å²) in [4.78, 5) is 11.6. The van der Waals surface area contributed by atoms with Crippen LogP contribution in [0, 0.1) is 6.92 Å². The molecule has 2 N–H and O–H groups in total. The van der Waals surface area contributed by atoms with Crippen molar-refractivity contribution in [2.75, 3.05) is 31.6 Å². The van der Waals surface area contributed by atoms with Gasteiger partial charge in [-0.1, -0.05) is 0 Å². The molecule has 0 amide bonds. The van der Waals surface area contributed by atoms with Crippen molar-refractivity contribution in [1.29, 1.82) is 0 Å². The van der Waals surface area contributed by atoms with Gasteiger partial charge < -0.3 is 5.73 Å². The monoisotopic (exact) mass is 252 g/mol. The van der Waals surface area contributed by atoms with Crippen LogP contribution >= 0.6 is 11.8 Å². The quantitative estimate of drug-likeness (QED) is 0.870. The van der Waals surface area contributed by atoms with Crippen LogP contribution in [-0.4, -0.2) is 46.5 Å². The van der Waals surface area contributed by atoms with Gasteiger partial charge in [-0.15, -0.1) is 0 Å². The lowest BCUT2D eigenvalue weighted by Gasteiger charge is -2.31. The maximum atomic E-state index is 5.59. The Labute approximate surface area is 107 Å². The molecule has 0 spiro atoms. The zero-order valence-electron chi connectivity index (χ0n) is 10.5. The molecule has 1 aliphatic heterocycles. The van der Waals surface area contributed by atoms with Crippen LogP contribution in [0.25, 0.3) is 0 Å². The summed E-state index contributed by atoms with van der Waals surface area (Å²) < 4.78 is 0. The number of nitrogens with zero attached hydrogens (tertiary/aromatic N) is 3. The van der Waals surface area contributed by atoms with Gasteiger partial charge in [0.15, 0.2) is 0 Å². The predicted molar refractivity (Wildman–Crippen MR) is 72.2 cm³/mol. The first-order valence-electron chi connectivity index (χ1n) is 6.03. The average molecular weight is 252 g/mol. The zero-order chi connectivity index (χ0) is 12.3. The maximum absolute atomic E-state index is 5.59. The molecule has 5 heteroatoms. The lowest BCUT2D eigenvalue weighted by Crippen LogP contribution is -2.34. The molecule has 1 fully saturated rings. The first-order valence-corrected chi connectivity index (χ1v) is 7.18. The maximum Gasteiger partial charge on any atom is 0.146 e. The van der Waals surface area contributed by atoms with Gasteiger partial charge in [-0.2, -0.15) is 11.8 Å². The van der Waals surface area contributed by atoms with Crippen LogP contribution in [0.5, 0.6) is 0 Å². The summed E-state index contributed by atoms with van der Waals surface area (Å²) in [6.45, 7) is 3.78. The fourth-order valence-electron chi connectivity index (χ4n) is 2.04. The van der Waals surface area contributed by atoms with E-state index >= 15 is 0 Å². The van der Waals surface area contributed by atoms with Crippen molar-refractivity contribution >= 4 is 11.8 Å². The minimum atomic E-state index is 0.352. The predicted octanol–water partition coefficient (Wildman–Crippen LogP) is 1.01. The van der Waals surface area contributed by atoms with Crippen LogP contribution in [0.2, 0.25) is 0 Å². The molecule has 0 saturated carbocycles. The lowest BCUT2D eigenvalue weighted by molar-refractivity contribution is 0.264. The molecule has 2 rings (SSSR count). The van der Waals surface area contributed by atoms with Crippen molar-refractivity contribution in [3.8, 4) is 0 Å². The molecule has 0 aliphatic carbocycles. The highest BCUT2D eigenvalue weighted by atomic mass is 32.2. The third-order valence-corrected chi connectivity index (χ3v) is 4.04. The van der Waals surface area contributed by atoms with E-state index in [-0.39, 0.29) is 0 Å². The zero-order valence-corrected chi connectivity index (χ0v) is 11.3. The minimum absolute atomic E-state index is 0.352. The van der Waals surface area contributed by atoms with E-state index in [9.17, 15) is 0 Å². The number of nitrogens with two attached hydrogens (primary N) is 1. The second kappa shape index (κ2) is 5.80. The minimum Gasteiger partial charge on any atom is -0.330 e. The molecule has 0 aromatic carbocycles. The van der Waals surface area contributed by atoms with Crippen molar-refractivity contribution in [1.82, 2.24) is 14.9 Å². The van der Waals surface area contributed by atoms with Gasteiger partial charge in [0.1, 0.15) is 5.82 Å². The summed E-state index contributed by atoms with van der Waals surface area (Å²) in [5, 5.41) is 0. The standard InChI is InChI=1S/C12H20N4S/c1-9-7-10(3-4-13)15-12(14-9)11-8-17-6-5-16(11)2/h7,11H,3-6,8,13H2,1-2H3. The van der Waals surface area contributed by atoms with Crippen molar-refractivity contribution < 1.29 is 0 Å². The van der Waals surface area contributed by atoms with Crippen molar-refractivity contribution in [3.63, 3.8) is 0 Å². The van der Waals surface area contributed by atoms with Crippen LogP contribution in [0.1, 0.15) is 23.3 Å². The SMILES string of the molecule is Cc1cc(CCN)nc(C2CSCCN2C)n1. The summed E-state index contributed by atoms with van der Waals surface area (Å²) in [5.41, 5.74) is 7.70. The molecule has 4 nitrogen and oxygen atoms in total. The van der Waals surface area contributed by atoms with Gasteiger partial charge in [-0.25, -0.2) is 9.97 Å². The normalized spacial score (nSPS) is 21.7. The largest absolute Gasteiger partial charge is 0.330 e. The number of aromatic nitrogens is 2. The Hall–Kier alpha value is -0.650. The number of hydrogen-bond donors (Lipinski definition) is 1. The Kier molecular flexibility index (Phi) is 4.36. The molecule has 1 aromatic heterocycles. The fourth-order valence-corrected chi connectivity index (χ4v) is 3.25.